The standard InChI is InChI=1S/C14H9O3/c15-10-12-8-4-5-9-13(12)17-14(16)11-6-2-1-3-7-11/h1-9H. The minimum atomic E-state index is -0.492. The van der Waals surface area contributed by atoms with Crippen LogP contribution in [-0.2, 0) is 4.79 Å². The quantitative estimate of drug-likeness (QED) is 0.595. The molecule has 0 fully saturated rings. The van der Waals surface area contributed by atoms with Crippen LogP contribution >= 0.6 is 0 Å². The lowest BCUT2D eigenvalue weighted by atomic mass is 10.2. The maximum absolute atomic E-state index is 11.7. The van der Waals surface area contributed by atoms with E-state index in [9.17, 15) is 9.59 Å². The van der Waals surface area contributed by atoms with Gasteiger partial charge in [0.05, 0.1) is 11.1 Å². The van der Waals surface area contributed by atoms with E-state index in [1.54, 1.807) is 54.8 Å². The topological polar surface area (TPSA) is 43.4 Å². The number of hydrogen-bond donors (Lipinski definition) is 0. The van der Waals surface area contributed by atoms with Crippen LogP contribution < -0.4 is 4.74 Å². The summed E-state index contributed by atoms with van der Waals surface area (Å²) < 4.78 is 5.12. The van der Waals surface area contributed by atoms with E-state index >= 15 is 0 Å². The smallest absolute Gasteiger partial charge is 0.343 e. The van der Waals surface area contributed by atoms with Crippen LogP contribution in [-0.4, -0.2) is 12.3 Å². The Balaban J connectivity index is 2.22. The Labute approximate surface area is 98.7 Å². The Bertz CT molecular complexity index is 532. The molecule has 0 unspecified atom stereocenters. The van der Waals surface area contributed by atoms with Gasteiger partial charge in [-0.1, -0.05) is 30.3 Å². The van der Waals surface area contributed by atoms with Crippen LogP contribution in [0.25, 0.3) is 0 Å². The van der Waals surface area contributed by atoms with Gasteiger partial charge in [0.2, 0.25) is 6.29 Å². The Morgan fingerprint density at radius 3 is 2.29 bits per heavy atom. The molecule has 0 aromatic heterocycles. The maximum Gasteiger partial charge on any atom is 0.343 e. The van der Waals surface area contributed by atoms with Crippen molar-refractivity contribution in [2.75, 3.05) is 0 Å². The highest BCUT2D eigenvalue weighted by molar-refractivity contribution is 5.92. The average molecular weight is 225 g/mol. The molecule has 3 heteroatoms. The summed E-state index contributed by atoms with van der Waals surface area (Å²) in [6, 6.07) is 15.1. The monoisotopic (exact) mass is 225 g/mol. The molecule has 0 heterocycles. The van der Waals surface area contributed by atoms with E-state index in [1.807, 2.05) is 6.07 Å². The van der Waals surface area contributed by atoms with Crippen molar-refractivity contribution in [3.05, 3.63) is 65.7 Å². The van der Waals surface area contributed by atoms with E-state index in [-0.39, 0.29) is 11.3 Å². The van der Waals surface area contributed by atoms with Crippen molar-refractivity contribution in [1.82, 2.24) is 0 Å². The van der Waals surface area contributed by atoms with Gasteiger partial charge in [-0.25, -0.2) is 4.79 Å². The second-order valence-electron chi connectivity index (χ2n) is 3.35. The average Bonchev–Trinajstić information content (AvgIpc) is 2.40. The summed E-state index contributed by atoms with van der Waals surface area (Å²) in [6.45, 7) is 0. The highest BCUT2D eigenvalue weighted by atomic mass is 16.5. The molecular weight excluding hydrogens is 216 g/mol. The van der Waals surface area contributed by atoms with Gasteiger partial charge in [0.15, 0.2) is 0 Å². The second kappa shape index (κ2) is 5.07. The number of carbonyl (C=O) groups is 1. The summed E-state index contributed by atoms with van der Waals surface area (Å²) in [7, 11) is 0. The number of ether oxygens (including phenoxy) is 1. The molecule has 0 spiro atoms. The molecule has 2 aromatic rings. The van der Waals surface area contributed by atoms with Crippen molar-refractivity contribution in [1.29, 1.82) is 0 Å². The molecule has 2 aromatic carbocycles. The van der Waals surface area contributed by atoms with Crippen LogP contribution in [0, 0.1) is 0 Å². The number of benzene rings is 2. The van der Waals surface area contributed by atoms with Crippen molar-refractivity contribution in [2.24, 2.45) is 0 Å². The first kappa shape index (κ1) is 11.1. The zero-order valence-corrected chi connectivity index (χ0v) is 8.92. The molecule has 0 aliphatic rings. The van der Waals surface area contributed by atoms with E-state index in [1.165, 1.54) is 0 Å². The van der Waals surface area contributed by atoms with Crippen LogP contribution in [0.4, 0.5) is 0 Å². The van der Waals surface area contributed by atoms with Gasteiger partial charge in [-0.2, -0.15) is 0 Å². The molecule has 0 aliphatic heterocycles. The molecule has 0 amide bonds. The molecule has 0 saturated carbocycles. The van der Waals surface area contributed by atoms with Crippen molar-refractivity contribution in [3.63, 3.8) is 0 Å². The lowest BCUT2D eigenvalue weighted by Crippen LogP contribution is -2.09. The van der Waals surface area contributed by atoms with Gasteiger partial charge in [-0.15, -0.1) is 0 Å². The third-order valence-electron chi connectivity index (χ3n) is 2.21. The van der Waals surface area contributed by atoms with Gasteiger partial charge in [0.25, 0.3) is 0 Å². The molecule has 0 N–H and O–H groups in total. The number of rotatable bonds is 3. The molecule has 0 aliphatic carbocycles. The molecule has 0 bridgehead atoms. The van der Waals surface area contributed by atoms with Gasteiger partial charge < -0.3 is 4.74 Å². The molecular formula is C14H9O3. The lowest BCUT2D eigenvalue weighted by Gasteiger charge is -2.05. The van der Waals surface area contributed by atoms with E-state index in [0.29, 0.717) is 5.56 Å². The fourth-order valence-electron chi connectivity index (χ4n) is 1.37. The highest BCUT2D eigenvalue weighted by Gasteiger charge is 2.10. The fraction of sp³-hybridized carbons (Fsp3) is 0. The highest BCUT2D eigenvalue weighted by Crippen LogP contribution is 2.17. The molecule has 0 saturated heterocycles. The molecule has 17 heavy (non-hydrogen) atoms. The summed E-state index contributed by atoms with van der Waals surface area (Å²) in [5.41, 5.74) is 0.671. The minimum Gasteiger partial charge on any atom is -0.422 e. The molecule has 3 nitrogen and oxygen atoms in total. The molecule has 83 valence electrons. The number of esters is 1. The van der Waals surface area contributed by atoms with Gasteiger partial charge in [0.1, 0.15) is 5.75 Å². The normalized spacial score (nSPS) is 9.65. The fourth-order valence-corrected chi connectivity index (χ4v) is 1.37. The zero-order chi connectivity index (χ0) is 12.1. The van der Waals surface area contributed by atoms with E-state index in [4.69, 9.17) is 4.74 Å². The second-order valence-corrected chi connectivity index (χ2v) is 3.35. The third kappa shape index (κ3) is 2.58. The Morgan fingerprint density at radius 1 is 0.941 bits per heavy atom. The van der Waals surface area contributed by atoms with Crippen LogP contribution in [0.1, 0.15) is 15.9 Å². The first-order chi connectivity index (χ1) is 8.31. The van der Waals surface area contributed by atoms with Crippen molar-refractivity contribution in [3.8, 4) is 5.75 Å². The predicted molar refractivity (Wildman–Crippen MR) is 62.6 cm³/mol. The van der Waals surface area contributed by atoms with Crippen molar-refractivity contribution < 1.29 is 14.3 Å². The van der Waals surface area contributed by atoms with Crippen molar-refractivity contribution in [2.45, 2.75) is 0 Å². The summed E-state index contributed by atoms with van der Waals surface area (Å²) >= 11 is 0. The molecule has 2 rings (SSSR count). The van der Waals surface area contributed by atoms with Gasteiger partial charge in [0, 0.05) is 0 Å². The Hall–Kier alpha value is -2.42. The van der Waals surface area contributed by atoms with Crippen molar-refractivity contribution >= 4 is 12.3 Å². The summed E-state index contributed by atoms with van der Waals surface area (Å²) in [5, 5.41) is 0. The van der Waals surface area contributed by atoms with E-state index < -0.39 is 5.97 Å². The number of para-hydroxylation sites is 1. The number of carbonyl (C=O) groups excluding carboxylic acids is 2. The first-order valence-corrected chi connectivity index (χ1v) is 5.05. The third-order valence-corrected chi connectivity index (χ3v) is 2.21. The molecule has 1 radical (unpaired) electrons. The van der Waals surface area contributed by atoms with Crippen LogP contribution in [0.2, 0.25) is 0 Å². The largest absolute Gasteiger partial charge is 0.422 e. The molecule has 0 atom stereocenters. The Kier molecular flexibility index (Phi) is 3.31. The zero-order valence-electron chi connectivity index (χ0n) is 8.92. The van der Waals surface area contributed by atoms with Gasteiger partial charge in [-0.3, -0.25) is 4.79 Å². The lowest BCUT2D eigenvalue weighted by molar-refractivity contribution is 0.0734. The predicted octanol–water partition coefficient (Wildman–Crippen LogP) is 2.36. The van der Waals surface area contributed by atoms with Crippen LogP contribution in [0.15, 0.2) is 54.6 Å². The van der Waals surface area contributed by atoms with Crippen LogP contribution in [0.3, 0.4) is 0 Å². The summed E-state index contributed by atoms with van der Waals surface area (Å²) in [5.74, 6) is -0.273. The summed E-state index contributed by atoms with van der Waals surface area (Å²) in [6.07, 6.45) is 1.73. The maximum atomic E-state index is 11.7. The van der Waals surface area contributed by atoms with E-state index in [2.05, 4.69) is 0 Å². The van der Waals surface area contributed by atoms with Crippen LogP contribution in [0.5, 0.6) is 5.75 Å². The van der Waals surface area contributed by atoms with Gasteiger partial charge >= 0.3 is 5.97 Å². The van der Waals surface area contributed by atoms with E-state index in [0.717, 1.165) is 0 Å². The number of hydrogen-bond acceptors (Lipinski definition) is 3. The summed E-state index contributed by atoms with van der Waals surface area (Å²) in [4.78, 5) is 22.4. The Morgan fingerprint density at radius 2 is 1.59 bits per heavy atom. The first-order valence-electron chi connectivity index (χ1n) is 5.05. The van der Waals surface area contributed by atoms with Gasteiger partial charge in [-0.05, 0) is 24.3 Å². The minimum absolute atomic E-state index is 0.219. The SMILES string of the molecule is O=[C]c1ccccc1OC(=O)c1ccccc1.